The van der Waals surface area contributed by atoms with Crippen molar-refractivity contribution in [2.45, 2.75) is 57.1 Å². The first-order chi connectivity index (χ1) is 12.7. The first kappa shape index (κ1) is 18.0. The van der Waals surface area contributed by atoms with Crippen molar-refractivity contribution in [1.82, 2.24) is 15.1 Å². The van der Waals surface area contributed by atoms with E-state index in [1.165, 1.54) is 41.5 Å². The third-order valence-electron chi connectivity index (χ3n) is 5.22. The highest BCUT2D eigenvalue weighted by Crippen LogP contribution is 2.37. The Morgan fingerprint density at radius 1 is 1.31 bits per heavy atom. The molecule has 1 aliphatic heterocycles. The van der Waals surface area contributed by atoms with Gasteiger partial charge in [0.05, 0.1) is 10.6 Å². The number of likely N-dealkylation sites (tertiary alicyclic amines) is 1. The lowest BCUT2D eigenvalue weighted by Gasteiger charge is -2.19. The molecule has 3 heterocycles. The summed E-state index contributed by atoms with van der Waals surface area (Å²) in [6, 6.07) is 2.21. The van der Waals surface area contributed by atoms with E-state index in [1.807, 2.05) is 4.90 Å². The molecule has 4 rings (SSSR count). The van der Waals surface area contributed by atoms with Gasteiger partial charge in [-0.25, -0.2) is 0 Å². The fraction of sp³-hybridized carbons (Fsp3) is 0.632. The maximum atomic E-state index is 12.4. The number of amides is 1. The molecule has 2 aromatic heterocycles. The Kier molecular flexibility index (Phi) is 5.64. The van der Waals surface area contributed by atoms with Crippen LogP contribution in [0.25, 0.3) is 10.8 Å². The maximum absolute atomic E-state index is 12.4. The summed E-state index contributed by atoms with van der Waals surface area (Å²) in [5.41, 5.74) is 1.44. The number of aromatic nitrogens is 2. The number of nitrogens with zero attached hydrogens (tertiary/aromatic N) is 3. The van der Waals surface area contributed by atoms with Crippen molar-refractivity contribution >= 4 is 29.0 Å². The van der Waals surface area contributed by atoms with Crippen LogP contribution < -0.4 is 0 Å². The molecule has 7 heteroatoms. The summed E-state index contributed by atoms with van der Waals surface area (Å²) < 4.78 is 5.82. The molecule has 2 aliphatic rings. The molecule has 0 aromatic carbocycles. The van der Waals surface area contributed by atoms with E-state index in [0.29, 0.717) is 16.9 Å². The van der Waals surface area contributed by atoms with Crippen molar-refractivity contribution in [3.05, 3.63) is 16.5 Å². The molecule has 0 bridgehead atoms. The fourth-order valence-electron chi connectivity index (χ4n) is 3.71. The summed E-state index contributed by atoms with van der Waals surface area (Å²) in [4.78, 5) is 16.9. The lowest BCUT2D eigenvalue weighted by atomic mass is 9.90. The quantitative estimate of drug-likeness (QED) is 0.722. The summed E-state index contributed by atoms with van der Waals surface area (Å²) in [5.74, 6) is 1.89. The number of rotatable bonds is 4. The van der Waals surface area contributed by atoms with Crippen LogP contribution >= 0.6 is 23.1 Å². The predicted molar refractivity (Wildman–Crippen MR) is 105 cm³/mol. The van der Waals surface area contributed by atoms with Gasteiger partial charge in [-0.1, -0.05) is 31.5 Å². The van der Waals surface area contributed by atoms with Crippen molar-refractivity contribution < 1.29 is 9.21 Å². The van der Waals surface area contributed by atoms with Crippen molar-refractivity contribution in [1.29, 1.82) is 0 Å². The zero-order valence-electron chi connectivity index (χ0n) is 15.2. The molecule has 2 aromatic rings. The van der Waals surface area contributed by atoms with Gasteiger partial charge < -0.3 is 9.32 Å². The number of fused-ring (bicyclic) bond motifs is 1. The maximum Gasteiger partial charge on any atom is 0.277 e. The molecule has 1 fully saturated rings. The van der Waals surface area contributed by atoms with Crippen molar-refractivity contribution in [3.8, 4) is 10.8 Å². The molecule has 1 atom stereocenters. The predicted octanol–water partition coefficient (Wildman–Crippen LogP) is 4.42. The number of thioether (sulfide) groups is 1. The Labute approximate surface area is 162 Å². The fourth-order valence-corrected chi connectivity index (χ4v) is 5.51. The van der Waals surface area contributed by atoms with Crippen LogP contribution in [0, 0.1) is 5.92 Å². The van der Waals surface area contributed by atoms with Gasteiger partial charge in [-0.15, -0.1) is 21.5 Å². The Morgan fingerprint density at radius 3 is 2.92 bits per heavy atom. The van der Waals surface area contributed by atoms with Crippen LogP contribution in [0.1, 0.15) is 49.5 Å². The average Bonchev–Trinajstić information content (AvgIpc) is 3.18. The molecule has 140 valence electrons. The van der Waals surface area contributed by atoms with Crippen LogP contribution in [0.5, 0.6) is 0 Å². The number of carbonyl (C=O) groups is 1. The van der Waals surface area contributed by atoms with E-state index in [1.54, 1.807) is 11.3 Å². The van der Waals surface area contributed by atoms with E-state index in [0.717, 1.165) is 49.6 Å². The Hall–Kier alpha value is -1.34. The summed E-state index contributed by atoms with van der Waals surface area (Å²) >= 11 is 3.13. The Morgan fingerprint density at radius 2 is 2.12 bits per heavy atom. The second kappa shape index (κ2) is 8.13. The highest BCUT2D eigenvalue weighted by atomic mass is 32.2. The lowest BCUT2D eigenvalue weighted by molar-refractivity contribution is -0.128. The van der Waals surface area contributed by atoms with Gasteiger partial charge in [0.2, 0.25) is 5.91 Å². The summed E-state index contributed by atoms with van der Waals surface area (Å²) in [5, 5.41) is 8.82. The summed E-state index contributed by atoms with van der Waals surface area (Å²) in [6.45, 7) is 4.07. The van der Waals surface area contributed by atoms with Gasteiger partial charge in [-0.05, 0) is 49.7 Å². The largest absolute Gasteiger partial charge is 0.410 e. The minimum Gasteiger partial charge on any atom is -0.410 e. The third-order valence-corrected chi connectivity index (χ3v) is 7.25. The Balaban J connectivity index is 1.37. The van der Waals surface area contributed by atoms with Gasteiger partial charge in [0.25, 0.3) is 11.1 Å². The molecule has 1 saturated heterocycles. The zero-order chi connectivity index (χ0) is 17.9. The van der Waals surface area contributed by atoms with E-state index in [9.17, 15) is 4.79 Å². The number of hydrogen-bond acceptors (Lipinski definition) is 6. The third kappa shape index (κ3) is 4.14. The SMILES string of the molecule is C[C@H]1CCc2sc(-c3nnc(SCC(=O)N4CCCCCC4)o3)cc2C1. The Bertz CT molecular complexity index is 763. The summed E-state index contributed by atoms with van der Waals surface area (Å²) in [6.07, 6.45) is 8.25. The number of thiophene rings is 1. The topological polar surface area (TPSA) is 59.2 Å². The minimum atomic E-state index is 0.178. The smallest absolute Gasteiger partial charge is 0.277 e. The van der Waals surface area contributed by atoms with Gasteiger partial charge >= 0.3 is 0 Å². The molecule has 0 radical (unpaired) electrons. The highest BCUT2D eigenvalue weighted by Gasteiger charge is 2.22. The van der Waals surface area contributed by atoms with E-state index < -0.39 is 0 Å². The lowest BCUT2D eigenvalue weighted by Crippen LogP contribution is -2.33. The standard InChI is InChI=1S/C19H25N3O2S2/c1-13-6-7-15-14(10-13)11-16(26-15)18-20-21-19(24-18)25-12-17(23)22-8-4-2-3-5-9-22/h11,13H,2-10,12H2,1H3/t13-/m0/s1. The van der Waals surface area contributed by atoms with Gasteiger partial charge in [0.1, 0.15) is 0 Å². The molecule has 5 nitrogen and oxygen atoms in total. The molecular weight excluding hydrogens is 366 g/mol. The number of carbonyl (C=O) groups excluding carboxylic acids is 1. The number of hydrogen-bond donors (Lipinski definition) is 0. The second-order valence-electron chi connectivity index (χ2n) is 7.36. The highest BCUT2D eigenvalue weighted by molar-refractivity contribution is 7.99. The molecule has 1 amide bonds. The van der Waals surface area contributed by atoms with Crippen LogP contribution in [-0.2, 0) is 17.6 Å². The van der Waals surface area contributed by atoms with E-state index in [4.69, 9.17) is 4.42 Å². The van der Waals surface area contributed by atoms with Crippen LogP contribution in [-0.4, -0.2) is 39.8 Å². The second-order valence-corrected chi connectivity index (χ2v) is 9.43. The van der Waals surface area contributed by atoms with Crippen LogP contribution in [0.3, 0.4) is 0 Å². The van der Waals surface area contributed by atoms with Crippen LogP contribution in [0.4, 0.5) is 0 Å². The van der Waals surface area contributed by atoms with Gasteiger partial charge in [-0.3, -0.25) is 4.79 Å². The first-order valence-electron chi connectivity index (χ1n) is 9.55. The van der Waals surface area contributed by atoms with Gasteiger partial charge in [0, 0.05) is 18.0 Å². The van der Waals surface area contributed by atoms with E-state index >= 15 is 0 Å². The average molecular weight is 392 g/mol. The van der Waals surface area contributed by atoms with E-state index in [-0.39, 0.29) is 5.91 Å². The molecule has 0 spiro atoms. The molecule has 1 aliphatic carbocycles. The van der Waals surface area contributed by atoms with E-state index in [2.05, 4.69) is 23.2 Å². The van der Waals surface area contributed by atoms with Crippen molar-refractivity contribution in [2.24, 2.45) is 5.92 Å². The summed E-state index contributed by atoms with van der Waals surface area (Å²) in [7, 11) is 0. The monoisotopic (exact) mass is 391 g/mol. The molecule has 0 unspecified atom stereocenters. The van der Waals surface area contributed by atoms with Gasteiger partial charge in [-0.2, -0.15) is 0 Å². The molecule has 0 saturated carbocycles. The normalized spacial score (nSPS) is 20.7. The number of aryl methyl sites for hydroxylation is 1. The first-order valence-corrected chi connectivity index (χ1v) is 11.4. The minimum absolute atomic E-state index is 0.178. The molecular formula is C19H25N3O2S2. The molecule has 26 heavy (non-hydrogen) atoms. The van der Waals surface area contributed by atoms with Gasteiger partial charge in [0.15, 0.2) is 0 Å². The van der Waals surface area contributed by atoms with Crippen molar-refractivity contribution in [2.75, 3.05) is 18.8 Å². The molecule has 0 N–H and O–H groups in total. The zero-order valence-corrected chi connectivity index (χ0v) is 16.8. The van der Waals surface area contributed by atoms with Crippen molar-refractivity contribution in [3.63, 3.8) is 0 Å². The van der Waals surface area contributed by atoms with Crippen LogP contribution in [0.2, 0.25) is 0 Å². The van der Waals surface area contributed by atoms with Crippen LogP contribution in [0.15, 0.2) is 15.7 Å².